The molecule has 0 unspecified atom stereocenters. The number of methoxy groups -OCH3 is 1. The summed E-state index contributed by atoms with van der Waals surface area (Å²) in [5.74, 6) is 1.61. The first-order chi connectivity index (χ1) is 13.4. The van der Waals surface area contributed by atoms with Crippen LogP contribution in [0.15, 0.2) is 48.5 Å². The van der Waals surface area contributed by atoms with E-state index in [9.17, 15) is 0 Å². The Bertz CT molecular complexity index is 1120. The maximum atomic E-state index is 5.19. The molecule has 0 saturated carbocycles. The second-order valence-corrected chi connectivity index (χ2v) is 8.58. The zero-order valence-corrected chi connectivity index (χ0v) is 17.2. The lowest BCUT2D eigenvalue weighted by molar-refractivity contribution is 0.415. The molecular weight excluding hydrogens is 368 g/mol. The van der Waals surface area contributed by atoms with Gasteiger partial charge in [-0.2, -0.15) is 9.61 Å². The highest BCUT2D eigenvalue weighted by Crippen LogP contribution is 2.27. The van der Waals surface area contributed by atoms with Crippen molar-refractivity contribution in [2.24, 2.45) is 0 Å². The molecule has 5 nitrogen and oxygen atoms in total. The van der Waals surface area contributed by atoms with Crippen LogP contribution in [0.3, 0.4) is 0 Å². The predicted octanol–water partition coefficient (Wildman–Crippen LogP) is 5.33. The standard InChI is InChI=1S/C22H22N4OS/c1-22(2,3)17-10-8-16(9-11-17)20-23-24-21-26(20)25-19(28-21)14-7-15-5-12-18(27-4)13-6-15/h5-14H,1-4H3/b14-7+. The summed E-state index contributed by atoms with van der Waals surface area (Å²) in [6.07, 6.45) is 4.02. The molecule has 0 spiro atoms. The molecule has 0 radical (unpaired) electrons. The van der Waals surface area contributed by atoms with E-state index in [2.05, 4.69) is 60.3 Å². The minimum atomic E-state index is 0.124. The Morgan fingerprint density at radius 2 is 1.64 bits per heavy atom. The van der Waals surface area contributed by atoms with E-state index in [0.717, 1.165) is 32.7 Å². The molecular formula is C22H22N4OS. The largest absolute Gasteiger partial charge is 0.497 e. The van der Waals surface area contributed by atoms with Gasteiger partial charge < -0.3 is 4.74 Å². The lowest BCUT2D eigenvalue weighted by Crippen LogP contribution is -2.10. The maximum absolute atomic E-state index is 5.19. The SMILES string of the molecule is COc1ccc(/C=C/c2nn3c(-c4ccc(C(C)(C)C)cc4)nnc3s2)cc1. The lowest BCUT2D eigenvalue weighted by atomic mass is 9.87. The Morgan fingerprint density at radius 1 is 0.929 bits per heavy atom. The van der Waals surface area contributed by atoms with E-state index in [4.69, 9.17) is 4.74 Å². The van der Waals surface area contributed by atoms with Gasteiger partial charge >= 0.3 is 0 Å². The van der Waals surface area contributed by atoms with Crippen LogP contribution in [-0.4, -0.2) is 26.9 Å². The zero-order valence-electron chi connectivity index (χ0n) is 16.4. The number of fused-ring (bicyclic) bond motifs is 1. The molecule has 0 atom stereocenters. The number of hydrogen-bond acceptors (Lipinski definition) is 5. The van der Waals surface area contributed by atoms with Gasteiger partial charge in [0.2, 0.25) is 4.96 Å². The molecule has 0 aliphatic heterocycles. The first kappa shape index (κ1) is 18.4. The number of rotatable bonds is 4. The number of nitrogens with zero attached hydrogens (tertiary/aromatic N) is 4. The van der Waals surface area contributed by atoms with E-state index in [0.29, 0.717) is 0 Å². The van der Waals surface area contributed by atoms with E-state index in [-0.39, 0.29) is 5.41 Å². The zero-order chi connectivity index (χ0) is 19.7. The number of aromatic nitrogens is 4. The average Bonchev–Trinajstić information content (AvgIpc) is 3.26. The lowest BCUT2D eigenvalue weighted by Gasteiger charge is -2.18. The molecule has 0 saturated heterocycles. The fourth-order valence-corrected chi connectivity index (χ4v) is 3.62. The van der Waals surface area contributed by atoms with Crippen molar-refractivity contribution in [2.75, 3.05) is 7.11 Å². The van der Waals surface area contributed by atoms with Crippen LogP contribution in [0.25, 0.3) is 28.5 Å². The molecule has 0 bridgehead atoms. The molecule has 0 fully saturated rings. The summed E-state index contributed by atoms with van der Waals surface area (Å²) in [6, 6.07) is 16.4. The van der Waals surface area contributed by atoms with Gasteiger partial charge in [-0.05, 0) is 34.8 Å². The van der Waals surface area contributed by atoms with Crippen molar-refractivity contribution >= 4 is 28.4 Å². The van der Waals surface area contributed by atoms with Crippen LogP contribution in [0.1, 0.15) is 36.9 Å². The minimum Gasteiger partial charge on any atom is -0.497 e. The van der Waals surface area contributed by atoms with Crippen LogP contribution in [0.4, 0.5) is 0 Å². The van der Waals surface area contributed by atoms with Gasteiger partial charge in [-0.1, -0.05) is 74.6 Å². The maximum Gasteiger partial charge on any atom is 0.235 e. The summed E-state index contributed by atoms with van der Waals surface area (Å²) < 4.78 is 7.00. The molecule has 28 heavy (non-hydrogen) atoms. The molecule has 2 aromatic heterocycles. The molecule has 6 heteroatoms. The van der Waals surface area contributed by atoms with Gasteiger partial charge in [0.05, 0.1) is 7.11 Å². The van der Waals surface area contributed by atoms with E-state index in [1.54, 1.807) is 7.11 Å². The smallest absolute Gasteiger partial charge is 0.235 e. The molecule has 2 heterocycles. The topological polar surface area (TPSA) is 52.3 Å². The van der Waals surface area contributed by atoms with Gasteiger partial charge in [0.1, 0.15) is 10.8 Å². The Balaban J connectivity index is 1.60. The predicted molar refractivity (Wildman–Crippen MR) is 115 cm³/mol. The average molecular weight is 391 g/mol. The highest BCUT2D eigenvalue weighted by molar-refractivity contribution is 7.17. The van der Waals surface area contributed by atoms with E-state index in [1.165, 1.54) is 16.9 Å². The molecule has 4 aromatic rings. The monoisotopic (exact) mass is 390 g/mol. The van der Waals surface area contributed by atoms with Crippen LogP contribution in [0.5, 0.6) is 5.75 Å². The fraction of sp³-hybridized carbons (Fsp3) is 0.227. The van der Waals surface area contributed by atoms with E-state index in [1.807, 2.05) is 40.9 Å². The Morgan fingerprint density at radius 3 is 2.29 bits per heavy atom. The quantitative estimate of drug-likeness (QED) is 0.473. The van der Waals surface area contributed by atoms with Crippen LogP contribution in [0, 0.1) is 0 Å². The van der Waals surface area contributed by atoms with Gasteiger partial charge in [-0.15, -0.1) is 10.2 Å². The second-order valence-electron chi connectivity index (χ2n) is 7.59. The van der Waals surface area contributed by atoms with Gasteiger partial charge in [0.25, 0.3) is 0 Å². The highest BCUT2D eigenvalue weighted by Gasteiger charge is 2.16. The van der Waals surface area contributed by atoms with Gasteiger partial charge in [-0.3, -0.25) is 0 Å². The van der Waals surface area contributed by atoms with Crippen molar-refractivity contribution in [1.82, 2.24) is 19.8 Å². The third kappa shape index (κ3) is 3.68. The molecule has 0 aliphatic rings. The van der Waals surface area contributed by atoms with Crippen LogP contribution in [-0.2, 0) is 5.41 Å². The first-order valence-corrected chi connectivity index (χ1v) is 9.91. The molecule has 4 rings (SSSR count). The van der Waals surface area contributed by atoms with Crippen molar-refractivity contribution in [1.29, 1.82) is 0 Å². The number of benzene rings is 2. The van der Waals surface area contributed by atoms with Gasteiger partial charge in [0, 0.05) is 5.56 Å². The first-order valence-electron chi connectivity index (χ1n) is 9.09. The Labute approximate surface area is 168 Å². The van der Waals surface area contributed by atoms with Crippen LogP contribution in [0.2, 0.25) is 0 Å². The fourth-order valence-electron chi connectivity index (χ4n) is 2.88. The Kier molecular flexibility index (Phi) is 4.73. The molecule has 0 aliphatic carbocycles. The van der Waals surface area contributed by atoms with Crippen molar-refractivity contribution in [3.05, 3.63) is 64.7 Å². The number of ether oxygens (including phenoxy) is 1. The molecule has 2 aromatic carbocycles. The highest BCUT2D eigenvalue weighted by atomic mass is 32.1. The van der Waals surface area contributed by atoms with E-state index < -0.39 is 0 Å². The Hall–Kier alpha value is -2.99. The van der Waals surface area contributed by atoms with Crippen LogP contribution >= 0.6 is 11.3 Å². The van der Waals surface area contributed by atoms with Crippen molar-refractivity contribution in [3.8, 4) is 17.1 Å². The molecule has 0 N–H and O–H groups in total. The van der Waals surface area contributed by atoms with E-state index >= 15 is 0 Å². The molecule has 0 amide bonds. The minimum absolute atomic E-state index is 0.124. The summed E-state index contributed by atoms with van der Waals surface area (Å²) in [5, 5.41) is 14.2. The summed E-state index contributed by atoms with van der Waals surface area (Å²) in [4.78, 5) is 0.782. The normalized spacial score (nSPS) is 12.1. The third-order valence-electron chi connectivity index (χ3n) is 4.55. The van der Waals surface area contributed by atoms with Crippen molar-refractivity contribution < 1.29 is 4.74 Å². The second kappa shape index (κ2) is 7.20. The van der Waals surface area contributed by atoms with Crippen molar-refractivity contribution in [2.45, 2.75) is 26.2 Å². The number of hydrogen-bond donors (Lipinski definition) is 0. The van der Waals surface area contributed by atoms with Gasteiger partial charge in [-0.25, -0.2) is 0 Å². The summed E-state index contributed by atoms with van der Waals surface area (Å²) in [6.45, 7) is 6.62. The third-order valence-corrected chi connectivity index (χ3v) is 5.41. The van der Waals surface area contributed by atoms with Crippen LogP contribution < -0.4 is 4.74 Å². The summed E-state index contributed by atoms with van der Waals surface area (Å²) in [5.41, 5.74) is 3.51. The molecule has 142 valence electrons. The summed E-state index contributed by atoms with van der Waals surface area (Å²) >= 11 is 1.51. The van der Waals surface area contributed by atoms with Gasteiger partial charge in [0.15, 0.2) is 5.82 Å². The summed E-state index contributed by atoms with van der Waals surface area (Å²) in [7, 11) is 1.67. The van der Waals surface area contributed by atoms with Crippen molar-refractivity contribution in [3.63, 3.8) is 0 Å².